The van der Waals surface area contributed by atoms with Crippen LogP contribution in [0.4, 0.5) is 0 Å². The van der Waals surface area contributed by atoms with Crippen molar-refractivity contribution in [2.75, 3.05) is 6.26 Å². The number of hydrogen-bond donors (Lipinski definition) is 2. The van der Waals surface area contributed by atoms with Gasteiger partial charge in [-0.1, -0.05) is 12.1 Å². The third-order valence-corrected chi connectivity index (χ3v) is 3.03. The van der Waals surface area contributed by atoms with E-state index in [9.17, 15) is 4.21 Å². The molecular weight excluding hydrogens is 184 g/mol. The van der Waals surface area contributed by atoms with Crippen molar-refractivity contribution in [1.82, 2.24) is 0 Å². The van der Waals surface area contributed by atoms with E-state index < -0.39 is 9.73 Å². The Morgan fingerprint density at radius 3 is 2.15 bits per heavy atom. The van der Waals surface area contributed by atoms with E-state index in [0.717, 1.165) is 5.56 Å². The summed E-state index contributed by atoms with van der Waals surface area (Å²) in [6.45, 7) is 1.89. The van der Waals surface area contributed by atoms with Crippen LogP contribution >= 0.6 is 0 Å². The van der Waals surface area contributed by atoms with Crippen LogP contribution in [-0.4, -0.2) is 10.5 Å². The quantitative estimate of drug-likeness (QED) is 0.760. The third-order valence-electron chi connectivity index (χ3n) is 1.86. The van der Waals surface area contributed by atoms with Gasteiger partial charge in [0.1, 0.15) is 0 Å². The van der Waals surface area contributed by atoms with Crippen LogP contribution in [0, 0.1) is 4.78 Å². The second kappa shape index (κ2) is 3.47. The minimum absolute atomic E-state index is 0.0207. The lowest BCUT2D eigenvalue weighted by atomic mass is 10.1. The standard InChI is InChI=1S/C9H14N2OS/c1-7(10)8-3-5-9(6-4-8)13(2,11)12/h3-7,11H,10H2,1-2H3/t7-,13?/m0/s1. The van der Waals surface area contributed by atoms with Crippen LogP contribution in [0.25, 0.3) is 0 Å². The van der Waals surface area contributed by atoms with Crippen molar-refractivity contribution in [1.29, 1.82) is 4.78 Å². The zero-order valence-corrected chi connectivity index (χ0v) is 8.60. The van der Waals surface area contributed by atoms with Crippen molar-refractivity contribution in [3.8, 4) is 0 Å². The van der Waals surface area contributed by atoms with Gasteiger partial charge >= 0.3 is 0 Å². The molecular formula is C9H14N2OS. The molecule has 0 heterocycles. The van der Waals surface area contributed by atoms with E-state index in [2.05, 4.69) is 0 Å². The van der Waals surface area contributed by atoms with Gasteiger partial charge in [-0.25, -0.2) is 8.99 Å². The molecule has 4 heteroatoms. The van der Waals surface area contributed by atoms with Crippen molar-refractivity contribution in [3.05, 3.63) is 29.8 Å². The van der Waals surface area contributed by atoms with Crippen LogP contribution in [0.15, 0.2) is 29.2 Å². The van der Waals surface area contributed by atoms with E-state index in [-0.39, 0.29) is 6.04 Å². The minimum Gasteiger partial charge on any atom is -0.324 e. The van der Waals surface area contributed by atoms with Crippen LogP contribution in [0.3, 0.4) is 0 Å². The topological polar surface area (TPSA) is 66.9 Å². The normalized spacial score (nSPS) is 17.8. The number of hydrogen-bond acceptors (Lipinski definition) is 3. The molecule has 1 rings (SSSR count). The Morgan fingerprint density at radius 2 is 1.85 bits per heavy atom. The highest BCUT2D eigenvalue weighted by atomic mass is 32.2. The van der Waals surface area contributed by atoms with Crippen molar-refractivity contribution >= 4 is 9.73 Å². The van der Waals surface area contributed by atoms with Crippen LogP contribution in [-0.2, 0) is 9.73 Å². The van der Waals surface area contributed by atoms with E-state index >= 15 is 0 Å². The van der Waals surface area contributed by atoms with Gasteiger partial charge in [0.05, 0.1) is 9.73 Å². The summed E-state index contributed by atoms with van der Waals surface area (Å²) in [5.41, 5.74) is 6.65. The Hall–Kier alpha value is -0.870. The zero-order valence-electron chi connectivity index (χ0n) is 7.78. The van der Waals surface area contributed by atoms with Crippen LogP contribution < -0.4 is 5.73 Å². The first-order valence-corrected chi connectivity index (χ1v) is 5.97. The molecule has 13 heavy (non-hydrogen) atoms. The molecule has 0 saturated heterocycles. The van der Waals surface area contributed by atoms with Crippen molar-refractivity contribution in [2.24, 2.45) is 5.73 Å². The number of benzene rings is 1. The van der Waals surface area contributed by atoms with Gasteiger partial charge in [0.2, 0.25) is 0 Å². The first-order chi connectivity index (χ1) is 5.91. The fraction of sp³-hybridized carbons (Fsp3) is 0.333. The largest absolute Gasteiger partial charge is 0.324 e. The molecule has 0 aliphatic rings. The first-order valence-electron chi connectivity index (χ1n) is 4.00. The van der Waals surface area contributed by atoms with Crippen LogP contribution in [0.1, 0.15) is 18.5 Å². The molecule has 0 fully saturated rings. The summed E-state index contributed by atoms with van der Waals surface area (Å²) in [5, 5.41) is 0. The molecule has 1 unspecified atom stereocenters. The van der Waals surface area contributed by atoms with E-state index in [1.807, 2.05) is 19.1 Å². The van der Waals surface area contributed by atoms with E-state index in [1.165, 1.54) is 6.26 Å². The van der Waals surface area contributed by atoms with Crippen LogP contribution in [0.5, 0.6) is 0 Å². The van der Waals surface area contributed by atoms with Crippen molar-refractivity contribution < 1.29 is 4.21 Å². The average Bonchev–Trinajstić information content (AvgIpc) is 2.03. The Balaban J connectivity index is 3.08. The lowest BCUT2D eigenvalue weighted by Crippen LogP contribution is -2.05. The van der Waals surface area contributed by atoms with E-state index in [4.69, 9.17) is 10.5 Å². The number of rotatable bonds is 2. The van der Waals surface area contributed by atoms with Gasteiger partial charge in [-0.05, 0) is 24.6 Å². The molecule has 0 aromatic heterocycles. The second-order valence-electron chi connectivity index (χ2n) is 3.20. The fourth-order valence-electron chi connectivity index (χ4n) is 1.03. The minimum atomic E-state index is -2.59. The molecule has 0 aliphatic carbocycles. The molecule has 1 aromatic rings. The summed E-state index contributed by atoms with van der Waals surface area (Å²) in [7, 11) is -2.59. The van der Waals surface area contributed by atoms with Gasteiger partial charge in [-0.3, -0.25) is 0 Å². The molecule has 0 saturated carbocycles. The third kappa shape index (κ3) is 2.54. The summed E-state index contributed by atoms with van der Waals surface area (Å²) in [5.74, 6) is 0. The summed E-state index contributed by atoms with van der Waals surface area (Å²) in [6, 6.07) is 7.02. The maximum atomic E-state index is 11.3. The summed E-state index contributed by atoms with van der Waals surface area (Å²) in [6.07, 6.45) is 1.41. The fourth-order valence-corrected chi connectivity index (χ4v) is 1.69. The molecule has 1 aromatic carbocycles. The zero-order chi connectivity index (χ0) is 10.1. The predicted octanol–water partition coefficient (Wildman–Crippen LogP) is 1.74. The van der Waals surface area contributed by atoms with E-state index in [1.54, 1.807) is 12.1 Å². The molecule has 72 valence electrons. The molecule has 0 spiro atoms. The summed E-state index contributed by atoms with van der Waals surface area (Å²) in [4.78, 5) is 0.553. The Kier molecular flexibility index (Phi) is 2.73. The Morgan fingerprint density at radius 1 is 1.38 bits per heavy atom. The highest BCUT2D eigenvalue weighted by Gasteiger charge is 2.03. The molecule has 3 N–H and O–H groups in total. The Bertz CT molecular complexity index is 379. The van der Waals surface area contributed by atoms with Gasteiger partial charge in [0.15, 0.2) is 0 Å². The SMILES string of the molecule is C[C@H](N)c1ccc(S(C)(=N)=O)cc1. The maximum Gasteiger partial charge on any atom is 0.0696 e. The average molecular weight is 198 g/mol. The Labute approximate surface area is 78.9 Å². The summed E-state index contributed by atoms with van der Waals surface area (Å²) < 4.78 is 18.7. The molecule has 0 amide bonds. The molecule has 0 bridgehead atoms. The highest BCUT2D eigenvalue weighted by Crippen LogP contribution is 2.14. The van der Waals surface area contributed by atoms with Gasteiger partial charge in [0.25, 0.3) is 0 Å². The maximum absolute atomic E-state index is 11.3. The lowest BCUT2D eigenvalue weighted by molar-refractivity contribution is 0.678. The van der Waals surface area contributed by atoms with Crippen molar-refractivity contribution in [2.45, 2.75) is 17.9 Å². The summed E-state index contributed by atoms with van der Waals surface area (Å²) >= 11 is 0. The monoisotopic (exact) mass is 198 g/mol. The molecule has 2 atom stereocenters. The van der Waals surface area contributed by atoms with Gasteiger partial charge in [0, 0.05) is 17.2 Å². The van der Waals surface area contributed by atoms with Gasteiger partial charge in [-0.2, -0.15) is 0 Å². The van der Waals surface area contributed by atoms with Gasteiger partial charge < -0.3 is 5.73 Å². The predicted molar refractivity (Wildman–Crippen MR) is 54.1 cm³/mol. The lowest BCUT2D eigenvalue weighted by Gasteiger charge is -2.06. The van der Waals surface area contributed by atoms with Crippen molar-refractivity contribution in [3.63, 3.8) is 0 Å². The van der Waals surface area contributed by atoms with Gasteiger partial charge in [-0.15, -0.1) is 0 Å². The highest BCUT2D eigenvalue weighted by molar-refractivity contribution is 7.91. The van der Waals surface area contributed by atoms with E-state index in [0.29, 0.717) is 4.90 Å². The molecule has 3 nitrogen and oxygen atoms in total. The number of nitrogens with one attached hydrogen (secondary N) is 1. The molecule has 0 radical (unpaired) electrons. The second-order valence-corrected chi connectivity index (χ2v) is 5.36. The number of nitrogens with two attached hydrogens (primary N) is 1. The molecule has 0 aliphatic heterocycles. The van der Waals surface area contributed by atoms with Crippen LogP contribution in [0.2, 0.25) is 0 Å². The first kappa shape index (κ1) is 10.2. The smallest absolute Gasteiger partial charge is 0.0696 e.